The lowest BCUT2D eigenvalue weighted by Crippen LogP contribution is -2.60. The minimum Gasteiger partial charge on any atom is -0.394 e. The van der Waals surface area contributed by atoms with Crippen molar-refractivity contribution in [2.45, 2.75) is 493 Å². The predicted molar refractivity (Wildman–Crippen MR) is 392 cm³/mol. The molecular weight excluding hydrogens is 1130 g/mol. The van der Waals surface area contributed by atoms with Crippen LogP contribution in [0.5, 0.6) is 0 Å². The molecule has 7 atom stereocenters. The summed E-state index contributed by atoms with van der Waals surface area (Å²) in [4.78, 5) is 13.2. The minimum atomic E-state index is -1.57. The summed E-state index contributed by atoms with van der Waals surface area (Å²) in [6, 6.07) is -0.803. The number of rotatable bonds is 75. The number of hydrogen-bond donors (Lipinski definition) is 6. The van der Waals surface area contributed by atoms with Gasteiger partial charge in [-0.3, -0.25) is 4.79 Å². The first-order valence-electron chi connectivity index (χ1n) is 41.4. The molecule has 9 nitrogen and oxygen atoms in total. The monoisotopic (exact) mass is 1290 g/mol. The molecule has 542 valence electrons. The Morgan fingerprint density at radius 3 is 0.857 bits per heavy atom. The van der Waals surface area contributed by atoms with E-state index in [1.165, 1.54) is 392 Å². The van der Waals surface area contributed by atoms with Gasteiger partial charge in [0.25, 0.3) is 0 Å². The van der Waals surface area contributed by atoms with E-state index in [9.17, 15) is 30.3 Å². The maximum atomic E-state index is 13.2. The third-order valence-corrected chi connectivity index (χ3v) is 20.4. The minimum absolute atomic E-state index is 0.165. The van der Waals surface area contributed by atoms with Crippen LogP contribution in [-0.4, -0.2) is 87.5 Å². The molecule has 1 saturated heterocycles. The van der Waals surface area contributed by atoms with Crippen LogP contribution in [0.25, 0.3) is 0 Å². The quantitative estimate of drug-likeness (QED) is 0.0261. The fourth-order valence-electron chi connectivity index (χ4n) is 13.9. The summed E-state index contributed by atoms with van der Waals surface area (Å²) in [6.45, 7) is 3.86. The number of aliphatic hydroxyl groups excluding tert-OH is 5. The van der Waals surface area contributed by atoms with Gasteiger partial charge in [-0.25, -0.2) is 0 Å². The average molecular weight is 1290 g/mol. The summed E-state index contributed by atoms with van der Waals surface area (Å²) >= 11 is 0. The smallest absolute Gasteiger partial charge is 0.220 e. The molecular formula is C82H161NO8. The van der Waals surface area contributed by atoms with Crippen LogP contribution >= 0.6 is 0 Å². The van der Waals surface area contributed by atoms with Gasteiger partial charge in [-0.2, -0.15) is 0 Å². The summed E-state index contributed by atoms with van der Waals surface area (Å²) < 4.78 is 11.4. The molecule has 0 aromatic heterocycles. The molecule has 0 spiro atoms. The largest absolute Gasteiger partial charge is 0.394 e. The molecule has 0 aromatic rings. The van der Waals surface area contributed by atoms with E-state index in [1.54, 1.807) is 6.08 Å². The number of nitrogens with one attached hydrogen (secondary N) is 1. The van der Waals surface area contributed by atoms with Crippen molar-refractivity contribution in [3.63, 3.8) is 0 Å². The Bertz CT molecular complexity index is 1450. The highest BCUT2D eigenvalue weighted by molar-refractivity contribution is 5.76. The van der Waals surface area contributed by atoms with Crippen molar-refractivity contribution in [3.8, 4) is 0 Å². The van der Waals surface area contributed by atoms with Gasteiger partial charge in [0.1, 0.15) is 24.4 Å². The predicted octanol–water partition coefficient (Wildman–Crippen LogP) is 23.8. The zero-order valence-electron chi connectivity index (χ0n) is 61.2. The third kappa shape index (κ3) is 59.9. The Morgan fingerprint density at radius 2 is 0.604 bits per heavy atom. The van der Waals surface area contributed by atoms with Gasteiger partial charge in [0.2, 0.25) is 5.91 Å². The molecule has 91 heavy (non-hydrogen) atoms. The van der Waals surface area contributed by atoms with Gasteiger partial charge < -0.3 is 40.3 Å². The average Bonchev–Trinajstić information content (AvgIpc) is 1.76. The van der Waals surface area contributed by atoms with E-state index in [1.807, 2.05) is 6.08 Å². The highest BCUT2D eigenvalue weighted by Crippen LogP contribution is 2.24. The summed E-state index contributed by atoms with van der Waals surface area (Å²) in [5.74, 6) is -0.165. The fraction of sp³-hybridized carbons (Fsp3) is 0.963. The Kier molecular flexibility index (Phi) is 69.3. The number of unbranched alkanes of at least 4 members (excludes halogenated alkanes) is 65. The Labute approximate surface area is 567 Å². The van der Waals surface area contributed by atoms with Crippen LogP contribution in [0, 0.1) is 0 Å². The van der Waals surface area contributed by atoms with Crippen LogP contribution in [0.1, 0.15) is 450 Å². The van der Waals surface area contributed by atoms with Crippen LogP contribution in [0.2, 0.25) is 0 Å². The Hall–Kier alpha value is -1.07. The van der Waals surface area contributed by atoms with Gasteiger partial charge in [0.05, 0.1) is 25.4 Å². The molecule has 1 heterocycles. The second kappa shape index (κ2) is 71.7. The number of carbonyl (C=O) groups excluding carboxylic acids is 1. The lowest BCUT2D eigenvalue weighted by Gasteiger charge is -2.40. The number of allylic oxidation sites excluding steroid dienone is 1. The van der Waals surface area contributed by atoms with Crippen LogP contribution < -0.4 is 5.32 Å². The summed E-state index contributed by atoms with van der Waals surface area (Å²) in [5, 5.41) is 54.9. The van der Waals surface area contributed by atoms with Crippen LogP contribution in [0.15, 0.2) is 12.2 Å². The van der Waals surface area contributed by atoms with E-state index in [0.717, 1.165) is 38.5 Å². The standard InChI is InChI=1S/C82H161NO8/c1-3-5-7-9-11-13-15-17-19-21-23-25-27-29-31-33-35-36-37-38-39-40-41-42-44-46-48-50-52-54-56-58-60-62-64-66-68-70-72-78(86)83-75(74-90-82-81(89)80(88)79(87)77(73-84)91-82)76(85)71-69-67-65-63-61-59-57-55-53-51-49-47-45-43-34-32-30-28-26-24-22-20-18-16-14-12-10-8-6-4-2/h69,71,75-77,79-82,84-85,87-89H,3-68,70,72-74H2,1-2H3,(H,83,86)/b71-69+. The molecule has 1 aliphatic heterocycles. The summed E-state index contributed by atoms with van der Waals surface area (Å²) in [7, 11) is 0. The van der Waals surface area contributed by atoms with Crippen LogP contribution in [0.3, 0.4) is 0 Å². The Morgan fingerprint density at radius 1 is 0.363 bits per heavy atom. The van der Waals surface area contributed by atoms with E-state index in [4.69, 9.17) is 9.47 Å². The molecule has 1 rings (SSSR count). The zero-order valence-corrected chi connectivity index (χ0v) is 61.2. The number of carbonyl (C=O) groups is 1. The van der Waals surface area contributed by atoms with E-state index in [0.29, 0.717) is 6.42 Å². The maximum absolute atomic E-state index is 13.2. The summed E-state index contributed by atoms with van der Waals surface area (Å²) in [5.41, 5.74) is 0. The topological polar surface area (TPSA) is 149 Å². The van der Waals surface area contributed by atoms with Gasteiger partial charge >= 0.3 is 0 Å². The fourth-order valence-corrected chi connectivity index (χ4v) is 13.9. The SMILES string of the molecule is CCCCCCCCCCCCCCCCCCCCCCCCCCCCCC/C=C/C(O)C(COC1OC(CO)C(O)C(O)C1O)NC(=O)CCCCCCCCCCCCCCCCCCCCCCCCCCCCCCCCCCCCCCCC. The highest BCUT2D eigenvalue weighted by atomic mass is 16.7. The highest BCUT2D eigenvalue weighted by Gasteiger charge is 2.44. The van der Waals surface area contributed by atoms with E-state index >= 15 is 0 Å². The molecule has 1 aliphatic rings. The normalized spacial score (nSPS) is 17.6. The second-order valence-electron chi connectivity index (χ2n) is 29.3. The molecule has 0 bridgehead atoms. The van der Waals surface area contributed by atoms with Gasteiger partial charge in [-0.05, 0) is 19.3 Å². The first-order valence-corrected chi connectivity index (χ1v) is 41.4. The van der Waals surface area contributed by atoms with Gasteiger partial charge in [0.15, 0.2) is 6.29 Å². The molecule has 0 aromatic carbocycles. The van der Waals surface area contributed by atoms with Crippen molar-refractivity contribution in [1.82, 2.24) is 5.32 Å². The summed E-state index contributed by atoms with van der Waals surface area (Å²) in [6.07, 6.45) is 88.1. The Balaban J connectivity index is 2.03. The number of amides is 1. The van der Waals surface area contributed by atoms with Crippen molar-refractivity contribution < 1.29 is 39.8 Å². The van der Waals surface area contributed by atoms with Crippen molar-refractivity contribution in [2.75, 3.05) is 13.2 Å². The van der Waals surface area contributed by atoms with E-state index in [2.05, 4.69) is 19.2 Å². The third-order valence-electron chi connectivity index (χ3n) is 20.4. The molecule has 0 aliphatic carbocycles. The zero-order chi connectivity index (χ0) is 65.7. The molecule has 7 unspecified atom stereocenters. The van der Waals surface area contributed by atoms with Crippen molar-refractivity contribution in [2.24, 2.45) is 0 Å². The van der Waals surface area contributed by atoms with Gasteiger partial charge in [-0.1, -0.05) is 437 Å². The van der Waals surface area contributed by atoms with E-state index < -0.39 is 49.5 Å². The van der Waals surface area contributed by atoms with Crippen LogP contribution in [-0.2, 0) is 14.3 Å². The van der Waals surface area contributed by atoms with E-state index in [-0.39, 0.29) is 12.5 Å². The number of ether oxygens (including phenoxy) is 2. The molecule has 9 heteroatoms. The number of aliphatic hydroxyl groups is 5. The molecule has 1 amide bonds. The molecule has 1 fully saturated rings. The van der Waals surface area contributed by atoms with Crippen molar-refractivity contribution >= 4 is 5.91 Å². The molecule has 0 radical (unpaired) electrons. The van der Waals surface area contributed by atoms with Crippen LogP contribution in [0.4, 0.5) is 0 Å². The maximum Gasteiger partial charge on any atom is 0.220 e. The van der Waals surface area contributed by atoms with Crippen molar-refractivity contribution in [1.29, 1.82) is 0 Å². The number of hydrogen-bond acceptors (Lipinski definition) is 8. The second-order valence-corrected chi connectivity index (χ2v) is 29.3. The van der Waals surface area contributed by atoms with Gasteiger partial charge in [0, 0.05) is 6.42 Å². The van der Waals surface area contributed by atoms with Crippen molar-refractivity contribution in [3.05, 3.63) is 12.2 Å². The molecule has 6 N–H and O–H groups in total. The first-order chi connectivity index (χ1) is 44.8. The lowest BCUT2D eigenvalue weighted by molar-refractivity contribution is -0.302. The van der Waals surface area contributed by atoms with Gasteiger partial charge in [-0.15, -0.1) is 0 Å². The molecule has 0 saturated carbocycles. The lowest BCUT2D eigenvalue weighted by atomic mass is 9.99. The first kappa shape index (κ1) is 87.9.